The summed E-state index contributed by atoms with van der Waals surface area (Å²) in [6, 6.07) is 83.1. The Balaban J connectivity index is 0.000000253. The molecule has 0 fully saturated rings. The molecule has 1 aromatic heterocycles. The number of aromatic nitrogens is 1. The van der Waals surface area contributed by atoms with Crippen LogP contribution >= 0.6 is 0 Å². The van der Waals surface area contributed by atoms with E-state index in [4.69, 9.17) is 4.98 Å². The third-order valence-corrected chi connectivity index (χ3v) is 9.92. The largest absolute Gasteiger partial charge is 1.00 e. The van der Waals surface area contributed by atoms with Gasteiger partial charge in [-0.05, 0) is 89.3 Å². The molecule has 4 heteroatoms. The van der Waals surface area contributed by atoms with Gasteiger partial charge in [0.2, 0.25) is 0 Å². The van der Waals surface area contributed by atoms with E-state index in [-0.39, 0.29) is 18.9 Å². The smallest absolute Gasteiger partial charge is 0.656 e. The molecular weight excluding hydrogens is 794 g/mol. The molecule has 0 spiro atoms. The van der Waals surface area contributed by atoms with E-state index in [0.717, 1.165) is 35.6 Å². The number of aryl methyl sites for hydroxylation is 4. The van der Waals surface area contributed by atoms with Gasteiger partial charge in [-0.25, -0.2) is 0 Å². The molecule has 0 unspecified atom stereocenters. The summed E-state index contributed by atoms with van der Waals surface area (Å²) in [6.45, 7) is 10.6. The zero-order valence-corrected chi connectivity index (χ0v) is 40.8. The number of likely N-dealkylation sites (N-methyl/N-ethyl adjacent to an activating group) is 2. The topological polar surface area (TPSA) is 20.6 Å². The third-order valence-electron chi connectivity index (χ3n) is 9.92. The van der Waals surface area contributed by atoms with Crippen molar-refractivity contribution in [3.63, 3.8) is 0 Å². The molecular formula is C62H68LiN3. The molecule has 0 aliphatic rings. The van der Waals surface area contributed by atoms with Crippen LogP contribution in [0, 0.1) is 27.7 Å². The minimum absolute atomic E-state index is 0. The molecule has 9 aromatic rings. The van der Waals surface area contributed by atoms with Gasteiger partial charge in [0.05, 0.1) is 0 Å². The van der Waals surface area contributed by atoms with Gasteiger partial charge in [0.1, 0.15) is 0 Å². The fourth-order valence-electron chi connectivity index (χ4n) is 6.38. The molecule has 1 heterocycles. The van der Waals surface area contributed by atoms with Crippen LogP contribution in [0.5, 0.6) is 0 Å². The molecule has 0 bridgehead atoms. The van der Waals surface area contributed by atoms with Crippen molar-refractivity contribution in [3.05, 3.63) is 265 Å². The molecule has 8 aromatic carbocycles. The average Bonchev–Trinajstić information content (AvgIpc) is 3.75. The predicted octanol–water partition coefficient (Wildman–Crippen LogP) is 12.4. The standard InChI is InChI=1S/C28H20N.4C7H8.C6H16N2.Li/c1-5-13-21(14-6-1)25-26(22-15-7-2-8-16-22)28(24-19-11-4-12-20-24)29-27(25)23-17-9-3-10-18-23;4*1-7-5-3-2-4-6-7;1-7(2)5-6-8(3)4;/h1-20H;4*2-6H,1H3;5-6H2,1-4H3;/q-1;;;;;;+1. The van der Waals surface area contributed by atoms with Gasteiger partial charge < -0.3 is 14.8 Å². The van der Waals surface area contributed by atoms with Crippen molar-refractivity contribution >= 4 is 0 Å². The Bertz CT molecular complexity index is 2270. The molecule has 0 radical (unpaired) electrons. The Labute approximate surface area is 410 Å². The first-order valence-electron chi connectivity index (χ1n) is 22.4. The van der Waals surface area contributed by atoms with Crippen LogP contribution < -0.4 is 23.8 Å². The maximum absolute atomic E-state index is 5.20. The van der Waals surface area contributed by atoms with Crippen molar-refractivity contribution in [2.75, 3.05) is 41.3 Å². The first-order valence-corrected chi connectivity index (χ1v) is 22.4. The molecule has 3 nitrogen and oxygen atoms in total. The first kappa shape index (κ1) is 53.9. The maximum atomic E-state index is 5.20. The van der Waals surface area contributed by atoms with Crippen molar-refractivity contribution in [1.29, 1.82) is 0 Å². The summed E-state index contributed by atoms with van der Waals surface area (Å²) in [5, 5.41) is 0. The Morgan fingerprint density at radius 2 is 0.455 bits per heavy atom. The summed E-state index contributed by atoms with van der Waals surface area (Å²) in [5.41, 5.74) is 14.3. The summed E-state index contributed by atoms with van der Waals surface area (Å²) in [7, 11) is 8.35. The Kier molecular flexibility index (Phi) is 25.7. The van der Waals surface area contributed by atoms with Crippen LogP contribution in [-0.4, -0.2) is 51.1 Å². The van der Waals surface area contributed by atoms with E-state index < -0.39 is 0 Å². The number of hydrogen-bond acceptors (Lipinski definition) is 2. The molecule has 0 amide bonds. The first-order chi connectivity index (χ1) is 31.6. The number of hydrogen-bond donors (Lipinski definition) is 0. The van der Waals surface area contributed by atoms with Crippen LogP contribution in [0.15, 0.2) is 243 Å². The minimum atomic E-state index is 0. The van der Waals surface area contributed by atoms with Crippen LogP contribution in [0.1, 0.15) is 22.3 Å². The van der Waals surface area contributed by atoms with Crippen LogP contribution in [-0.2, 0) is 0 Å². The molecule has 0 N–H and O–H groups in total. The van der Waals surface area contributed by atoms with Crippen molar-refractivity contribution in [2.24, 2.45) is 0 Å². The second-order valence-electron chi connectivity index (χ2n) is 16.2. The van der Waals surface area contributed by atoms with Gasteiger partial charge >= 0.3 is 18.9 Å². The van der Waals surface area contributed by atoms with Gasteiger partial charge in [0.15, 0.2) is 0 Å². The van der Waals surface area contributed by atoms with E-state index in [1.807, 2.05) is 84.9 Å². The minimum Gasteiger partial charge on any atom is -0.656 e. The van der Waals surface area contributed by atoms with Crippen molar-refractivity contribution < 1.29 is 18.9 Å². The zero-order chi connectivity index (χ0) is 46.5. The summed E-state index contributed by atoms with van der Waals surface area (Å²) in [4.78, 5) is 9.56. The van der Waals surface area contributed by atoms with Crippen molar-refractivity contribution in [2.45, 2.75) is 27.7 Å². The summed E-state index contributed by atoms with van der Waals surface area (Å²) >= 11 is 0. The zero-order valence-electron chi connectivity index (χ0n) is 40.8. The van der Waals surface area contributed by atoms with Gasteiger partial charge in [-0.2, -0.15) is 0 Å². The van der Waals surface area contributed by atoms with Gasteiger partial charge in [-0.1, -0.05) is 265 Å². The summed E-state index contributed by atoms with van der Waals surface area (Å²) in [6.07, 6.45) is 0. The second-order valence-corrected chi connectivity index (χ2v) is 16.2. The molecule has 0 saturated heterocycles. The SMILES string of the molecule is CN(C)CCN(C)C.Cc1ccccc1.Cc1ccccc1.Cc1ccccc1.Cc1ccccc1.[Li+].c1ccc(-c2[n-]c(-c3ccccc3)c(-c3ccccc3)c2-c2ccccc2)cc1. The third kappa shape index (κ3) is 20.6. The van der Waals surface area contributed by atoms with E-state index in [1.54, 1.807) is 0 Å². The molecule has 0 atom stereocenters. The van der Waals surface area contributed by atoms with Gasteiger partial charge in [0.25, 0.3) is 0 Å². The van der Waals surface area contributed by atoms with E-state index in [1.165, 1.54) is 44.5 Å². The molecule has 9 rings (SSSR count). The van der Waals surface area contributed by atoms with Gasteiger partial charge in [-0.15, -0.1) is 11.4 Å². The maximum Gasteiger partial charge on any atom is 1.00 e. The van der Waals surface area contributed by atoms with E-state index in [9.17, 15) is 0 Å². The number of nitrogens with zero attached hydrogens (tertiary/aromatic N) is 3. The number of benzene rings is 8. The average molecular weight is 862 g/mol. The Morgan fingerprint density at radius 1 is 0.273 bits per heavy atom. The van der Waals surface area contributed by atoms with Crippen molar-refractivity contribution in [1.82, 2.24) is 14.8 Å². The van der Waals surface area contributed by atoms with Crippen LogP contribution in [0.25, 0.3) is 44.8 Å². The quantitative estimate of drug-likeness (QED) is 0.149. The monoisotopic (exact) mass is 862 g/mol. The van der Waals surface area contributed by atoms with E-state index in [2.05, 4.69) is 223 Å². The Morgan fingerprint density at radius 3 is 0.621 bits per heavy atom. The van der Waals surface area contributed by atoms with E-state index >= 15 is 0 Å². The molecule has 332 valence electrons. The summed E-state index contributed by atoms with van der Waals surface area (Å²) in [5.74, 6) is 0. The Hall–Kier alpha value is -6.44. The van der Waals surface area contributed by atoms with Gasteiger partial charge in [-0.3, -0.25) is 0 Å². The fraction of sp³-hybridized carbons (Fsp3) is 0.161. The normalized spacial score (nSPS) is 9.79. The second kappa shape index (κ2) is 31.4. The van der Waals surface area contributed by atoms with Crippen LogP contribution in [0.2, 0.25) is 0 Å². The van der Waals surface area contributed by atoms with Crippen LogP contribution in [0.3, 0.4) is 0 Å². The fourth-order valence-corrected chi connectivity index (χ4v) is 6.38. The summed E-state index contributed by atoms with van der Waals surface area (Å²) < 4.78 is 0. The van der Waals surface area contributed by atoms with E-state index in [0.29, 0.717) is 0 Å². The van der Waals surface area contributed by atoms with Gasteiger partial charge in [0, 0.05) is 13.1 Å². The number of rotatable bonds is 7. The predicted molar refractivity (Wildman–Crippen MR) is 283 cm³/mol. The molecule has 0 saturated carbocycles. The van der Waals surface area contributed by atoms with Crippen LogP contribution in [0.4, 0.5) is 0 Å². The molecule has 0 aliphatic heterocycles. The molecule has 66 heavy (non-hydrogen) atoms. The van der Waals surface area contributed by atoms with Crippen molar-refractivity contribution in [3.8, 4) is 44.8 Å². The molecule has 0 aliphatic carbocycles.